The van der Waals surface area contributed by atoms with E-state index in [4.69, 9.17) is 19.7 Å². The maximum Gasteiger partial charge on any atom is 0.307 e. The molecule has 0 aliphatic rings. The molecule has 2 N–H and O–H groups in total. The lowest BCUT2D eigenvalue weighted by molar-refractivity contribution is -0.150. The van der Waals surface area contributed by atoms with E-state index in [-0.39, 0.29) is 31.2 Å². The summed E-state index contributed by atoms with van der Waals surface area (Å²) in [5.74, 6) is -3.00. The molecule has 0 aromatic carbocycles. The number of rotatable bonds is 17. The summed E-state index contributed by atoms with van der Waals surface area (Å²) in [4.78, 5) is 43.4. The van der Waals surface area contributed by atoms with Gasteiger partial charge < -0.3 is 19.7 Å². The molecule has 0 rings (SSSR count). The van der Waals surface area contributed by atoms with Crippen LogP contribution in [0.2, 0.25) is 0 Å². The first-order valence-corrected chi connectivity index (χ1v) is 11.4. The number of esters is 2. The van der Waals surface area contributed by atoms with E-state index >= 15 is 0 Å². The predicted molar refractivity (Wildman–Crippen MR) is 118 cm³/mol. The molecule has 8 nitrogen and oxygen atoms in total. The number of unbranched alkanes of at least 4 members (excludes halogenated alkanes) is 4. The molecule has 8 heteroatoms. The van der Waals surface area contributed by atoms with Crippen LogP contribution in [-0.2, 0) is 28.7 Å². The molecule has 0 aliphatic carbocycles. The molecule has 0 aromatic rings. The van der Waals surface area contributed by atoms with Gasteiger partial charge in [-0.3, -0.25) is 19.2 Å². The van der Waals surface area contributed by atoms with Gasteiger partial charge in [0.2, 0.25) is 0 Å². The molecule has 0 aromatic heterocycles. The average molecular weight is 447 g/mol. The molecule has 31 heavy (non-hydrogen) atoms. The lowest BCUT2D eigenvalue weighted by Crippen LogP contribution is -2.18. The van der Waals surface area contributed by atoms with Crippen LogP contribution >= 0.6 is 0 Å². The third kappa shape index (κ3) is 24.0. The number of hydrogen-bond donors (Lipinski definition) is 2. The van der Waals surface area contributed by atoms with Crippen molar-refractivity contribution in [3.63, 3.8) is 0 Å². The number of carboxylic acids is 2. The standard InChI is InChI=1S/C14H26O4.C9H16O4/c1-3-5-7-11-17-13(15)9-10-14(16)18-12-8-6-4-2;1-6(2)3-4-7(9(12)13)5-8(10)11/h3-12H2,1-2H3;6-7H,3-5H2,1-2H3,(H,10,11)(H,12,13). The topological polar surface area (TPSA) is 127 Å². The van der Waals surface area contributed by atoms with Crippen molar-refractivity contribution in [1.29, 1.82) is 0 Å². The maximum atomic E-state index is 11.3. The van der Waals surface area contributed by atoms with Crippen LogP contribution in [0.15, 0.2) is 0 Å². The molecule has 0 spiro atoms. The first-order valence-electron chi connectivity index (χ1n) is 11.4. The van der Waals surface area contributed by atoms with Gasteiger partial charge in [-0.1, -0.05) is 59.8 Å². The summed E-state index contributed by atoms with van der Waals surface area (Å²) in [6.45, 7) is 9.07. The van der Waals surface area contributed by atoms with Crippen LogP contribution in [0.25, 0.3) is 0 Å². The van der Waals surface area contributed by atoms with Gasteiger partial charge >= 0.3 is 23.9 Å². The summed E-state index contributed by atoms with van der Waals surface area (Å²) >= 11 is 0. The Kier molecular flexibility index (Phi) is 21.2. The Balaban J connectivity index is 0. The molecule has 0 saturated carbocycles. The summed E-state index contributed by atoms with van der Waals surface area (Å²) in [7, 11) is 0. The Hall–Kier alpha value is -2.12. The van der Waals surface area contributed by atoms with E-state index in [2.05, 4.69) is 13.8 Å². The van der Waals surface area contributed by atoms with E-state index < -0.39 is 17.9 Å². The van der Waals surface area contributed by atoms with Crippen LogP contribution in [0.3, 0.4) is 0 Å². The quantitative estimate of drug-likeness (QED) is 0.240. The summed E-state index contributed by atoms with van der Waals surface area (Å²) in [6, 6.07) is 0. The third-order valence-corrected chi connectivity index (χ3v) is 4.42. The number of carbonyl (C=O) groups excluding carboxylic acids is 2. The minimum absolute atomic E-state index is 0.124. The second-order valence-corrected chi connectivity index (χ2v) is 7.96. The van der Waals surface area contributed by atoms with Crippen molar-refractivity contribution < 1.29 is 38.9 Å². The highest BCUT2D eigenvalue weighted by molar-refractivity contribution is 5.78. The molecule has 1 atom stereocenters. The van der Waals surface area contributed by atoms with Crippen molar-refractivity contribution in [2.24, 2.45) is 11.8 Å². The molecular formula is C23H42O8. The van der Waals surface area contributed by atoms with Crippen molar-refractivity contribution in [2.45, 2.75) is 98.3 Å². The van der Waals surface area contributed by atoms with Gasteiger partial charge in [-0.05, 0) is 25.2 Å². The number of aliphatic carboxylic acids is 2. The zero-order valence-electron chi connectivity index (χ0n) is 19.7. The first kappa shape index (κ1) is 31.1. The predicted octanol–water partition coefficient (Wildman–Crippen LogP) is 4.83. The first-order chi connectivity index (χ1) is 14.6. The van der Waals surface area contributed by atoms with Crippen LogP contribution in [0.5, 0.6) is 0 Å². The van der Waals surface area contributed by atoms with Crippen molar-refractivity contribution in [1.82, 2.24) is 0 Å². The second kappa shape index (κ2) is 21.1. The molecule has 0 bridgehead atoms. The Labute approximate surface area is 186 Å². The molecule has 0 heterocycles. The van der Waals surface area contributed by atoms with Crippen LogP contribution in [0.1, 0.15) is 98.3 Å². The van der Waals surface area contributed by atoms with Crippen LogP contribution in [0, 0.1) is 11.8 Å². The van der Waals surface area contributed by atoms with Gasteiger partial charge in [-0.15, -0.1) is 0 Å². The Morgan fingerprint density at radius 2 is 1.19 bits per heavy atom. The maximum absolute atomic E-state index is 11.3. The van der Waals surface area contributed by atoms with Crippen LogP contribution < -0.4 is 0 Å². The molecule has 0 fully saturated rings. The smallest absolute Gasteiger partial charge is 0.307 e. The molecule has 182 valence electrons. The summed E-state index contributed by atoms with van der Waals surface area (Å²) in [5, 5.41) is 17.1. The van der Waals surface area contributed by atoms with E-state index in [1.54, 1.807) is 0 Å². The fourth-order valence-electron chi connectivity index (χ4n) is 2.48. The van der Waals surface area contributed by atoms with Gasteiger partial charge in [0, 0.05) is 0 Å². The Morgan fingerprint density at radius 3 is 1.52 bits per heavy atom. The highest BCUT2D eigenvalue weighted by Gasteiger charge is 2.20. The number of carboxylic acid groups (broad SMARTS) is 2. The number of ether oxygens (including phenoxy) is 2. The fraction of sp³-hybridized carbons (Fsp3) is 0.826. The minimum Gasteiger partial charge on any atom is -0.481 e. The van der Waals surface area contributed by atoms with Crippen molar-refractivity contribution in [3.05, 3.63) is 0 Å². The highest BCUT2D eigenvalue weighted by Crippen LogP contribution is 2.15. The van der Waals surface area contributed by atoms with Crippen LogP contribution in [-0.4, -0.2) is 47.3 Å². The normalized spacial score (nSPS) is 11.3. The second-order valence-electron chi connectivity index (χ2n) is 7.96. The zero-order chi connectivity index (χ0) is 24.1. The molecule has 0 saturated heterocycles. The van der Waals surface area contributed by atoms with E-state index in [1.165, 1.54) is 0 Å². The Morgan fingerprint density at radius 1 is 0.742 bits per heavy atom. The largest absolute Gasteiger partial charge is 0.481 e. The minimum atomic E-state index is -1.05. The van der Waals surface area contributed by atoms with E-state index in [9.17, 15) is 19.2 Å². The summed E-state index contributed by atoms with van der Waals surface area (Å²) in [5.41, 5.74) is 0. The molecule has 1 unspecified atom stereocenters. The van der Waals surface area contributed by atoms with Gasteiger partial charge in [-0.2, -0.15) is 0 Å². The van der Waals surface area contributed by atoms with E-state index in [0.29, 0.717) is 25.6 Å². The Bertz CT molecular complexity index is 478. The molecule has 0 aliphatic heterocycles. The van der Waals surface area contributed by atoms with E-state index in [1.807, 2.05) is 13.8 Å². The van der Waals surface area contributed by atoms with Gasteiger partial charge in [-0.25, -0.2) is 0 Å². The van der Waals surface area contributed by atoms with Crippen molar-refractivity contribution in [3.8, 4) is 0 Å². The average Bonchev–Trinajstić information content (AvgIpc) is 2.70. The van der Waals surface area contributed by atoms with Gasteiger partial charge in [0.1, 0.15) is 0 Å². The highest BCUT2D eigenvalue weighted by atomic mass is 16.5. The zero-order valence-corrected chi connectivity index (χ0v) is 19.7. The summed E-state index contributed by atoms with van der Waals surface area (Å²) < 4.78 is 9.98. The lowest BCUT2D eigenvalue weighted by Gasteiger charge is -2.10. The molecular weight excluding hydrogens is 404 g/mol. The van der Waals surface area contributed by atoms with Crippen molar-refractivity contribution >= 4 is 23.9 Å². The van der Waals surface area contributed by atoms with Crippen molar-refractivity contribution in [2.75, 3.05) is 13.2 Å². The van der Waals surface area contributed by atoms with E-state index in [0.717, 1.165) is 44.9 Å². The lowest BCUT2D eigenvalue weighted by atomic mass is 9.95. The number of hydrogen-bond acceptors (Lipinski definition) is 6. The molecule has 0 radical (unpaired) electrons. The molecule has 0 amide bonds. The van der Waals surface area contributed by atoms with Gasteiger partial charge in [0.05, 0.1) is 38.4 Å². The number of carbonyl (C=O) groups is 4. The van der Waals surface area contributed by atoms with Gasteiger partial charge in [0.25, 0.3) is 0 Å². The third-order valence-electron chi connectivity index (χ3n) is 4.42. The monoisotopic (exact) mass is 446 g/mol. The summed E-state index contributed by atoms with van der Waals surface area (Å²) in [6.07, 6.45) is 7.28. The SMILES string of the molecule is CC(C)CCC(CC(=O)O)C(=O)O.CCCCCOC(=O)CCC(=O)OCCCCC. The van der Waals surface area contributed by atoms with Gasteiger partial charge in [0.15, 0.2) is 0 Å². The van der Waals surface area contributed by atoms with Crippen LogP contribution in [0.4, 0.5) is 0 Å². The fourth-order valence-corrected chi connectivity index (χ4v) is 2.48.